The van der Waals surface area contributed by atoms with Crippen LogP contribution in [0.15, 0.2) is 9.59 Å². The molecule has 2 heterocycles. The van der Waals surface area contributed by atoms with Gasteiger partial charge in [0, 0.05) is 43.7 Å². The molecule has 1 radical (unpaired) electrons. The van der Waals surface area contributed by atoms with Gasteiger partial charge in [-0.2, -0.15) is 0 Å². The molecule has 1 aliphatic heterocycles. The number of ether oxygens (including phenoxy) is 1. The number of aromatic hydroxyl groups is 1. The van der Waals surface area contributed by atoms with Crippen LogP contribution in [0, 0.1) is 0 Å². The zero-order valence-electron chi connectivity index (χ0n) is 11.9. The van der Waals surface area contributed by atoms with Crippen molar-refractivity contribution in [1.82, 2.24) is 9.13 Å². The maximum absolute atomic E-state index is 12.1. The Labute approximate surface area is 141 Å². The third-order valence-corrected chi connectivity index (χ3v) is 3.45. The second-order valence-electron chi connectivity index (χ2n) is 4.75. The van der Waals surface area contributed by atoms with Crippen LogP contribution in [0.2, 0.25) is 0 Å². The first-order valence-electron chi connectivity index (χ1n) is 5.92. The SMILES string of the molecule is Cn1c(O)c([C@@H]2OC[C@@H](O)[C@H](O)[C@H]2O)c(=O)n(C)c1=O.[Na]. The van der Waals surface area contributed by atoms with Crippen LogP contribution in [-0.2, 0) is 18.8 Å². The summed E-state index contributed by atoms with van der Waals surface area (Å²) >= 11 is 0. The molecule has 9 nitrogen and oxygen atoms in total. The molecule has 113 valence electrons. The van der Waals surface area contributed by atoms with Crippen molar-refractivity contribution in [1.29, 1.82) is 0 Å². The number of hydrogen-bond acceptors (Lipinski definition) is 7. The van der Waals surface area contributed by atoms with Gasteiger partial charge in [0.05, 0.1) is 6.61 Å². The van der Waals surface area contributed by atoms with Gasteiger partial charge in [0.2, 0.25) is 5.88 Å². The molecule has 1 fully saturated rings. The molecule has 1 aliphatic rings. The van der Waals surface area contributed by atoms with Gasteiger partial charge in [-0.05, 0) is 0 Å². The number of aliphatic hydroxyl groups excluding tert-OH is 3. The quantitative estimate of drug-likeness (QED) is 0.396. The average Bonchev–Trinajstić information content (AvgIpc) is 2.43. The summed E-state index contributed by atoms with van der Waals surface area (Å²) in [6, 6.07) is 0. The van der Waals surface area contributed by atoms with Gasteiger partial charge in [0.1, 0.15) is 30.0 Å². The summed E-state index contributed by atoms with van der Waals surface area (Å²) in [6.45, 7) is -0.311. The molecule has 10 heteroatoms. The first-order chi connectivity index (χ1) is 9.27. The summed E-state index contributed by atoms with van der Waals surface area (Å²) in [5.74, 6) is -0.647. The molecule has 0 aromatic carbocycles. The molecule has 21 heavy (non-hydrogen) atoms. The molecule has 1 aromatic rings. The molecule has 0 bridgehead atoms. The summed E-state index contributed by atoms with van der Waals surface area (Å²) in [5.41, 5.74) is -1.91. The van der Waals surface area contributed by atoms with Crippen LogP contribution in [0.25, 0.3) is 0 Å². The van der Waals surface area contributed by atoms with E-state index in [0.717, 1.165) is 9.13 Å². The van der Waals surface area contributed by atoms with Crippen LogP contribution in [0.1, 0.15) is 11.7 Å². The predicted molar refractivity (Wildman–Crippen MR) is 71.1 cm³/mol. The fourth-order valence-corrected chi connectivity index (χ4v) is 2.17. The topological polar surface area (TPSA) is 134 Å². The van der Waals surface area contributed by atoms with Crippen molar-refractivity contribution in [3.8, 4) is 5.88 Å². The van der Waals surface area contributed by atoms with Gasteiger partial charge in [0.15, 0.2) is 0 Å². The molecule has 2 rings (SSSR count). The molecule has 0 amide bonds. The molecule has 0 saturated carbocycles. The molecule has 4 atom stereocenters. The maximum Gasteiger partial charge on any atom is 0.333 e. The zero-order chi connectivity index (χ0) is 15.2. The fraction of sp³-hybridized carbons (Fsp3) is 0.636. The predicted octanol–water partition coefficient (Wildman–Crippen LogP) is -3.44. The summed E-state index contributed by atoms with van der Waals surface area (Å²) < 4.78 is 6.70. The van der Waals surface area contributed by atoms with E-state index in [4.69, 9.17) is 4.74 Å². The molecule has 0 unspecified atom stereocenters. The van der Waals surface area contributed by atoms with E-state index >= 15 is 0 Å². The number of rotatable bonds is 1. The third-order valence-electron chi connectivity index (χ3n) is 3.45. The maximum atomic E-state index is 12.1. The van der Waals surface area contributed by atoms with Gasteiger partial charge < -0.3 is 25.2 Å². The van der Waals surface area contributed by atoms with Crippen molar-refractivity contribution in [2.75, 3.05) is 6.61 Å². The summed E-state index contributed by atoms with van der Waals surface area (Å²) in [4.78, 5) is 23.7. The third kappa shape index (κ3) is 2.95. The van der Waals surface area contributed by atoms with Crippen LogP contribution in [0.5, 0.6) is 5.88 Å². The Morgan fingerprint density at radius 3 is 2.24 bits per heavy atom. The molecule has 0 spiro atoms. The fourth-order valence-electron chi connectivity index (χ4n) is 2.17. The van der Waals surface area contributed by atoms with Crippen LogP contribution >= 0.6 is 0 Å². The van der Waals surface area contributed by atoms with Gasteiger partial charge in [-0.25, -0.2) is 4.79 Å². The van der Waals surface area contributed by atoms with Gasteiger partial charge in [-0.1, -0.05) is 0 Å². The van der Waals surface area contributed by atoms with E-state index < -0.39 is 41.5 Å². The first kappa shape index (κ1) is 18.4. The van der Waals surface area contributed by atoms with E-state index in [0.29, 0.717) is 0 Å². The van der Waals surface area contributed by atoms with Gasteiger partial charge in [0.25, 0.3) is 5.56 Å². The smallest absolute Gasteiger partial charge is 0.333 e. The van der Waals surface area contributed by atoms with E-state index in [1.807, 2.05) is 0 Å². The Bertz CT molecular complexity index is 641. The normalized spacial score (nSPS) is 29.0. The van der Waals surface area contributed by atoms with Crippen LogP contribution in [0.3, 0.4) is 0 Å². The van der Waals surface area contributed by atoms with Crippen molar-refractivity contribution < 1.29 is 25.2 Å². The number of aliphatic hydroxyl groups is 3. The molecular formula is C11H16N2NaO7. The van der Waals surface area contributed by atoms with Crippen molar-refractivity contribution in [2.45, 2.75) is 24.4 Å². The van der Waals surface area contributed by atoms with Crippen molar-refractivity contribution >= 4 is 29.6 Å². The van der Waals surface area contributed by atoms with Crippen molar-refractivity contribution in [3.05, 3.63) is 26.4 Å². The average molecular weight is 311 g/mol. The molecule has 1 aromatic heterocycles. The van der Waals surface area contributed by atoms with Gasteiger partial charge in [-0.15, -0.1) is 0 Å². The van der Waals surface area contributed by atoms with E-state index in [2.05, 4.69) is 0 Å². The number of hydrogen-bond donors (Lipinski definition) is 4. The number of nitrogens with zero attached hydrogens (tertiary/aromatic N) is 2. The van der Waals surface area contributed by atoms with Crippen LogP contribution in [0.4, 0.5) is 0 Å². The summed E-state index contributed by atoms with van der Waals surface area (Å²) in [7, 11) is 2.47. The van der Waals surface area contributed by atoms with Crippen molar-refractivity contribution in [2.24, 2.45) is 14.1 Å². The molecular weight excluding hydrogens is 295 g/mol. The van der Waals surface area contributed by atoms with E-state index in [-0.39, 0.29) is 41.7 Å². The minimum absolute atomic E-state index is 0. The molecule has 1 saturated heterocycles. The summed E-state index contributed by atoms with van der Waals surface area (Å²) in [5, 5.41) is 38.8. The molecule has 0 aliphatic carbocycles. The molecule has 4 N–H and O–H groups in total. The Kier molecular flexibility index (Phi) is 5.78. The van der Waals surface area contributed by atoms with Crippen LogP contribution < -0.4 is 11.2 Å². The Morgan fingerprint density at radius 2 is 1.67 bits per heavy atom. The minimum Gasteiger partial charge on any atom is -0.494 e. The van der Waals surface area contributed by atoms with Gasteiger partial charge in [-0.3, -0.25) is 13.9 Å². The standard InChI is InChI=1S/C11H16N2O7.Na/c1-12-9(17)5(10(18)13(2)11(12)19)8-7(16)6(15)4(14)3-20-8;/h4,6-8,14-17H,3H2,1-2H3;/t4-,6+,7-,8+;/m1./s1. The van der Waals surface area contributed by atoms with E-state index in [1.54, 1.807) is 0 Å². The van der Waals surface area contributed by atoms with Crippen LogP contribution in [-0.4, -0.2) is 84.0 Å². The van der Waals surface area contributed by atoms with E-state index in [1.165, 1.54) is 14.1 Å². The Hall–Kier alpha value is -0.680. The minimum atomic E-state index is -1.60. The second kappa shape index (κ2) is 6.61. The largest absolute Gasteiger partial charge is 0.494 e. The summed E-state index contributed by atoms with van der Waals surface area (Å²) in [6.07, 6.45) is -5.75. The van der Waals surface area contributed by atoms with Gasteiger partial charge >= 0.3 is 5.69 Å². The van der Waals surface area contributed by atoms with Crippen molar-refractivity contribution in [3.63, 3.8) is 0 Å². The second-order valence-corrected chi connectivity index (χ2v) is 4.75. The monoisotopic (exact) mass is 311 g/mol. The zero-order valence-corrected chi connectivity index (χ0v) is 13.9. The first-order valence-corrected chi connectivity index (χ1v) is 5.92. The number of aromatic nitrogens is 2. The van der Waals surface area contributed by atoms with E-state index in [9.17, 15) is 30.0 Å². The Balaban J connectivity index is 0.00000220. The Morgan fingerprint density at radius 1 is 1.10 bits per heavy atom.